The van der Waals surface area contributed by atoms with Crippen molar-refractivity contribution in [3.63, 3.8) is 0 Å². The van der Waals surface area contributed by atoms with Crippen molar-refractivity contribution in [2.75, 3.05) is 6.61 Å². The molecule has 108 valence electrons. The number of ether oxygens (including phenoxy) is 1. The van der Waals surface area contributed by atoms with Gasteiger partial charge in [-0.2, -0.15) is 0 Å². The van der Waals surface area contributed by atoms with Gasteiger partial charge in [-0.15, -0.1) is 0 Å². The highest BCUT2D eigenvalue weighted by Crippen LogP contribution is 2.17. The Balaban J connectivity index is 1.95. The summed E-state index contributed by atoms with van der Waals surface area (Å²) >= 11 is 0. The van der Waals surface area contributed by atoms with Crippen LogP contribution in [0.4, 0.5) is 4.39 Å². The monoisotopic (exact) mass is 277 g/mol. The number of benzene rings is 1. The molecule has 0 bridgehead atoms. The topological polar surface area (TPSA) is 53.1 Å². The Bertz CT molecular complexity index is 566. The quantitative estimate of drug-likeness (QED) is 0.879. The molecule has 1 atom stereocenters. The SMILES string of the molecule is CC(N)Cc1cc(F)cc(OCCc2nccn2C)c1. The van der Waals surface area contributed by atoms with Crippen molar-refractivity contribution >= 4 is 0 Å². The van der Waals surface area contributed by atoms with E-state index < -0.39 is 0 Å². The molecule has 1 unspecified atom stereocenters. The van der Waals surface area contributed by atoms with E-state index in [1.165, 1.54) is 12.1 Å². The van der Waals surface area contributed by atoms with Gasteiger partial charge in [0, 0.05) is 38.0 Å². The highest BCUT2D eigenvalue weighted by Gasteiger charge is 2.05. The molecular formula is C15H20FN3O. The van der Waals surface area contributed by atoms with Gasteiger partial charge in [-0.05, 0) is 31.0 Å². The highest BCUT2D eigenvalue weighted by molar-refractivity contribution is 5.30. The average molecular weight is 277 g/mol. The van der Waals surface area contributed by atoms with Gasteiger partial charge >= 0.3 is 0 Å². The van der Waals surface area contributed by atoms with Crippen LogP contribution in [0.3, 0.4) is 0 Å². The summed E-state index contributed by atoms with van der Waals surface area (Å²) in [4.78, 5) is 4.21. The normalized spacial score (nSPS) is 12.4. The van der Waals surface area contributed by atoms with Gasteiger partial charge in [-0.3, -0.25) is 0 Å². The molecule has 2 N–H and O–H groups in total. The van der Waals surface area contributed by atoms with Gasteiger partial charge < -0.3 is 15.0 Å². The first-order chi connectivity index (χ1) is 9.54. The lowest BCUT2D eigenvalue weighted by molar-refractivity contribution is 0.315. The molecule has 2 aromatic rings. The highest BCUT2D eigenvalue weighted by atomic mass is 19.1. The van der Waals surface area contributed by atoms with Crippen molar-refractivity contribution in [2.45, 2.75) is 25.8 Å². The lowest BCUT2D eigenvalue weighted by Gasteiger charge is -2.10. The lowest BCUT2D eigenvalue weighted by atomic mass is 10.1. The minimum atomic E-state index is -0.296. The number of hydrogen-bond donors (Lipinski definition) is 1. The van der Waals surface area contributed by atoms with Crippen LogP contribution < -0.4 is 10.5 Å². The summed E-state index contributed by atoms with van der Waals surface area (Å²) in [5.74, 6) is 1.18. The van der Waals surface area contributed by atoms with Gasteiger partial charge in [-0.1, -0.05) is 0 Å². The number of aromatic nitrogens is 2. The van der Waals surface area contributed by atoms with Crippen LogP contribution in [0.5, 0.6) is 5.75 Å². The smallest absolute Gasteiger partial charge is 0.127 e. The fraction of sp³-hybridized carbons (Fsp3) is 0.400. The second-order valence-electron chi connectivity index (χ2n) is 5.03. The number of halogens is 1. The van der Waals surface area contributed by atoms with Gasteiger partial charge in [0.1, 0.15) is 17.4 Å². The molecule has 1 aromatic heterocycles. The maximum absolute atomic E-state index is 13.5. The van der Waals surface area contributed by atoms with Crippen LogP contribution in [-0.2, 0) is 19.9 Å². The van der Waals surface area contributed by atoms with Crippen molar-refractivity contribution in [1.29, 1.82) is 0 Å². The second-order valence-corrected chi connectivity index (χ2v) is 5.03. The third-order valence-corrected chi connectivity index (χ3v) is 3.00. The molecule has 1 aromatic carbocycles. The summed E-state index contributed by atoms with van der Waals surface area (Å²) in [7, 11) is 1.94. The van der Waals surface area contributed by atoms with E-state index in [1.807, 2.05) is 30.8 Å². The van der Waals surface area contributed by atoms with Gasteiger partial charge in [0.05, 0.1) is 6.61 Å². The number of nitrogens with zero attached hydrogens (tertiary/aromatic N) is 2. The molecule has 0 amide bonds. The molecule has 0 aliphatic rings. The van der Waals surface area contributed by atoms with Crippen LogP contribution in [0.25, 0.3) is 0 Å². The van der Waals surface area contributed by atoms with Crippen LogP contribution in [0.2, 0.25) is 0 Å². The number of hydrogen-bond acceptors (Lipinski definition) is 3. The summed E-state index contributed by atoms with van der Waals surface area (Å²) in [5.41, 5.74) is 6.58. The van der Waals surface area contributed by atoms with E-state index in [0.29, 0.717) is 25.2 Å². The standard InChI is InChI=1S/C15H20FN3O/c1-11(17)7-12-8-13(16)10-14(9-12)20-6-3-15-18-4-5-19(15)2/h4-5,8-11H,3,6-7,17H2,1-2H3. The summed E-state index contributed by atoms with van der Waals surface area (Å²) in [6.45, 7) is 2.36. The van der Waals surface area contributed by atoms with Crippen molar-refractivity contribution in [2.24, 2.45) is 12.8 Å². The molecule has 4 nitrogen and oxygen atoms in total. The molecule has 0 aliphatic heterocycles. The molecule has 0 fully saturated rings. The van der Waals surface area contributed by atoms with Gasteiger partial charge in [0.15, 0.2) is 0 Å². The largest absolute Gasteiger partial charge is 0.493 e. The van der Waals surface area contributed by atoms with Gasteiger partial charge in [-0.25, -0.2) is 9.37 Å². The van der Waals surface area contributed by atoms with Crippen molar-refractivity contribution < 1.29 is 9.13 Å². The fourth-order valence-electron chi connectivity index (χ4n) is 2.09. The van der Waals surface area contributed by atoms with E-state index in [-0.39, 0.29) is 11.9 Å². The maximum atomic E-state index is 13.5. The Kier molecular flexibility index (Phi) is 4.74. The average Bonchev–Trinajstić information content (AvgIpc) is 2.73. The first kappa shape index (κ1) is 14.5. The predicted molar refractivity (Wildman–Crippen MR) is 76.2 cm³/mol. The molecule has 2 rings (SSSR count). The van der Waals surface area contributed by atoms with E-state index in [1.54, 1.807) is 6.20 Å². The van der Waals surface area contributed by atoms with Crippen molar-refractivity contribution in [3.8, 4) is 5.75 Å². The van der Waals surface area contributed by atoms with E-state index in [9.17, 15) is 4.39 Å². The summed E-state index contributed by atoms with van der Waals surface area (Å²) in [6, 6.07) is 4.72. The zero-order chi connectivity index (χ0) is 14.5. The van der Waals surface area contributed by atoms with Crippen LogP contribution >= 0.6 is 0 Å². The fourth-order valence-corrected chi connectivity index (χ4v) is 2.09. The number of imidazole rings is 1. The van der Waals surface area contributed by atoms with Crippen LogP contribution in [0.1, 0.15) is 18.3 Å². The Morgan fingerprint density at radius 2 is 2.20 bits per heavy atom. The minimum absolute atomic E-state index is 0.00258. The predicted octanol–water partition coefficient (Wildman–Crippen LogP) is 2.07. The molecule has 20 heavy (non-hydrogen) atoms. The maximum Gasteiger partial charge on any atom is 0.127 e. The molecule has 0 saturated carbocycles. The Labute approximate surface area is 118 Å². The minimum Gasteiger partial charge on any atom is -0.493 e. The van der Waals surface area contributed by atoms with E-state index in [0.717, 1.165) is 11.4 Å². The summed E-state index contributed by atoms with van der Waals surface area (Å²) < 4.78 is 21.0. The van der Waals surface area contributed by atoms with E-state index >= 15 is 0 Å². The summed E-state index contributed by atoms with van der Waals surface area (Å²) in [5, 5.41) is 0. The number of nitrogens with two attached hydrogens (primary N) is 1. The van der Waals surface area contributed by atoms with Gasteiger partial charge in [0.2, 0.25) is 0 Å². The first-order valence-corrected chi connectivity index (χ1v) is 6.68. The zero-order valence-electron chi connectivity index (χ0n) is 11.8. The molecule has 1 heterocycles. The van der Waals surface area contributed by atoms with Crippen LogP contribution in [-0.4, -0.2) is 22.2 Å². The van der Waals surface area contributed by atoms with Crippen molar-refractivity contribution in [3.05, 3.63) is 47.8 Å². The third kappa shape index (κ3) is 4.06. The molecule has 0 aliphatic carbocycles. The molecular weight excluding hydrogens is 257 g/mol. The Hall–Kier alpha value is -1.88. The van der Waals surface area contributed by atoms with Gasteiger partial charge in [0.25, 0.3) is 0 Å². The van der Waals surface area contributed by atoms with E-state index in [2.05, 4.69) is 4.98 Å². The van der Waals surface area contributed by atoms with Crippen molar-refractivity contribution in [1.82, 2.24) is 9.55 Å². The second kappa shape index (κ2) is 6.52. The number of rotatable bonds is 6. The Morgan fingerprint density at radius 1 is 1.40 bits per heavy atom. The zero-order valence-corrected chi connectivity index (χ0v) is 11.8. The summed E-state index contributed by atoms with van der Waals surface area (Å²) in [6.07, 6.45) is 4.95. The number of aryl methyl sites for hydroxylation is 1. The van der Waals surface area contributed by atoms with Crippen LogP contribution in [0, 0.1) is 5.82 Å². The van der Waals surface area contributed by atoms with E-state index in [4.69, 9.17) is 10.5 Å². The molecule has 5 heteroatoms. The molecule has 0 spiro atoms. The lowest BCUT2D eigenvalue weighted by Crippen LogP contribution is -2.17. The first-order valence-electron chi connectivity index (χ1n) is 6.68. The molecule has 0 saturated heterocycles. The Morgan fingerprint density at radius 3 is 2.85 bits per heavy atom. The van der Waals surface area contributed by atoms with Crippen LogP contribution in [0.15, 0.2) is 30.6 Å². The third-order valence-electron chi connectivity index (χ3n) is 3.00. The molecule has 0 radical (unpaired) electrons.